The Labute approximate surface area is 169 Å². The summed E-state index contributed by atoms with van der Waals surface area (Å²) in [7, 11) is 0. The van der Waals surface area contributed by atoms with Crippen LogP contribution in [-0.4, -0.2) is 53.3 Å². The Balaban J connectivity index is 1.43. The Morgan fingerprint density at radius 2 is 1.86 bits per heavy atom. The minimum atomic E-state index is -0.340. The van der Waals surface area contributed by atoms with Gasteiger partial charge in [-0.3, -0.25) is 19.8 Å². The van der Waals surface area contributed by atoms with Gasteiger partial charge in [0.25, 0.3) is 5.69 Å². The minimum absolute atomic E-state index is 0.101. The number of nitrogens with zero attached hydrogens (tertiary/aromatic N) is 3. The van der Waals surface area contributed by atoms with Crippen LogP contribution in [0.25, 0.3) is 10.9 Å². The van der Waals surface area contributed by atoms with E-state index in [4.69, 9.17) is 0 Å². The molecule has 0 bridgehead atoms. The van der Waals surface area contributed by atoms with Crippen LogP contribution in [0.2, 0.25) is 0 Å². The van der Waals surface area contributed by atoms with Gasteiger partial charge in [-0.05, 0) is 18.1 Å². The number of para-hydroxylation sites is 3. The second-order valence-corrected chi connectivity index (χ2v) is 7.33. The summed E-state index contributed by atoms with van der Waals surface area (Å²) in [6, 6.07) is 12.9. The zero-order valence-corrected chi connectivity index (χ0v) is 16.4. The van der Waals surface area contributed by atoms with E-state index in [1.807, 2.05) is 29.3 Å². The van der Waals surface area contributed by atoms with Crippen molar-refractivity contribution in [1.82, 2.24) is 9.88 Å². The Kier molecular flexibility index (Phi) is 5.31. The van der Waals surface area contributed by atoms with Gasteiger partial charge in [0, 0.05) is 54.9 Å². The number of benzene rings is 2. The van der Waals surface area contributed by atoms with Crippen LogP contribution in [0.5, 0.6) is 0 Å². The number of piperazine rings is 1. The predicted octanol–water partition coefficient (Wildman–Crippen LogP) is 3.64. The molecule has 3 aromatic rings. The second-order valence-electron chi connectivity index (χ2n) is 7.33. The fourth-order valence-corrected chi connectivity index (χ4v) is 4.06. The van der Waals surface area contributed by atoms with E-state index in [9.17, 15) is 14.9 Å². The van der Waals surface area contributed by atoms with E-state index in [2.05, 4.69) is 22.9 Å². The summed E-state index contributed by atoms with van der Waals surface area (Å²) >= 11 is 0. The van der Waals surface area contributed by atoms with Crippen LogP contribution in [0.3, 0.4) is 0 Å². The number of ketones is 1. The SMILES string of the molecule is CCc1cccc2c(C(=O)CN3CCN(c4ccccc4[N+](=O)[O-])CC3)c[nH]c12. The number of carbonyl (C=O) groups is 1. The molecule has 0 aliphatic carbocycles. The summed E-state index contributed by atoms with van der Waals surface area (Å²) in [6.45, 7) is 5.17. The van der Waals surface area contributed by atoms with Gasteiger partial charge in [0.1, 0.15) is 5.69 Å². The summed E-state index contributed by atoms with van der Waals surface area (Å²) < 4.78 is 0. The number of aromatic nitrogens is 1. The van der Waals surface area contributed by atoms with Gasteiger partial charge in [-0.1, -0.05) is 37.3 Å². The maximum absolute atomic E-state index is 12.9. The van der Waals surface area contributed by atoms with Crippen LogP contribution in [0.15, 0.2) is 48.7 Å². The van der Waals surface area contributed by atoms with Crippen LogP contribution in [0.4, 0.5) is 11.4 Å². The van der Waals surface area contributed by atoms with Crippen molar-refractivity contribution in [3.8, 4) is 0 Å². The van der Waals surface area contributed by atoms with Crippen LogP contribution >= 0.6 is 0 Å². The first kappa shape index (κ1) is 19.1. The first-order valence-corrected chi connectivity index (χ1v) is 9.91. The summed E-state index contributed by atoms with van der Waals surface area (Å²) in [5.41, 5.74) is 3.75. The number of carbonyl (C=O) groups excluding carboxylic acids is 1. The molecule has 150 valence electrons. The molecule has 1 N–H and O–H groups in total. The van der Waals surface area contributed by atoms with Crippen molar-refractivity contribution >= 4 is 28.1 Å². The standard InChI is InChI=1S/C22H24N4O3/c1-2-16-6-5-7-17-18(14-23-22(16)17)21(27)15-24-10-12-25(13-11-24)19-8-3-4-9-20(19)26(28)29/h3-9,14,23H,2,10-13,15H2,1H3. The zero-order valence-electron chi connectivity index (χ0n) is 16.4. The number of anilines is 1. The van der Waals surface area contributed by atoms with Gasteiger partial charge in [-0.25, -0.2) is 0 Å². The molecule has 0 unspecified atom stereocenters. The number of nitro benzene ring substituents is 1. The van der Waals surface area contributed by atoms with Gasteiger partial charge in [0.15, 0.2) is 5.78 Å². The average Bonchev–Trinajstić information content (AvgIpc) is 3.18. The maximum Gasteiger partial charge on any atom is 0.292 e. The van der Waals surface area contributed by atoms with Crippen molar-refractivity contribution < 1.29 is 9.72 Å². The first-order chi connectivity index (χ1) is 14.1. The number of nitro groups is 1. The van der Waals surface area contributed by atoms with Crippen molar-refractivity contribution in [3.63, 3.8) is 0 Å². The largest absolute Gasteiger partial charge is 0.363 e. The van der Waals surface area contributed by atoms with E-state index in [-0.39, 0.29) is 16.4 Å². The fraction of sp³-hybridized carbons (Fsp3) is 0.318. The molecule has 0 spiro atoms. The summed E-state index contributed by atoms with van der Waals surface area (Å²) in [4.78, 5) is 31.3. The molecular weight excluding hydrogens is 368 g/mol. The second kappa shape index (κ2) is 8.05. The molecule has 1 saturated heterocycles. The predicted molar refractivity (Wildman–Crippen MR) is 114 cm³/mol. The Morgan fingerprint density at radius 1 is 1.10 bits per heavy atom. The number of hydrogen-bond donors (Lipinski definition) is 1. The highest BCUT2D eigenvalue weighted by atomic mass is 16.6. The zero-order chi connectivity index (χ0) is 20.4. The van der Waals surface area contributed by atoms with E-state index in [1.54, 1.807) is 12.1 Å². The third-order valence-electron chi connectivity index (χ3n) is 5.64. The lowest BCUT2D eigenvalue weighted by Crippen LogP contribution is -2.48. The molecule has 0 radical (unpaired) electrons. The molecule has 1 fully saturated rings. The number of rotatable bonds is 6. The molecule has 2 aromatic carbocycles. The number of Topliss-reactive ketones (excluding diaryl/α,β-unsaturated/α-hetero) is 1. The van der Waals surface area contributed by atoms with Crippen LogP contribution < -0.4 is 4.90 Å². The molecule has 1 aliphatic heterocycles. The van der Waals surface area contributed by atoms with Crippen molar-refractivity contribution in [2.75, 3.05) is 37.6 Å². The maximum atomic E-state index is 12.9. The Bertz CT molecular complexity index is 1050. The molecule has 0 amide bonds. The summed E-state index contributed by atoms with van der Waals surface area (Å²) in [6.07, 6.45) is 2.73. The van der Waals surface area contributed by atoms with Gasteiger partial charge in [0.2, 0.25) is 0 Å². The molecule has 29 heavy (non-hydrogen) atoms. The first-order valence-electron chi connectivity index (χ1n) is 9.91. The van der Waals surface area contributed by atoms with Gasteiger partial charge < -0.3 is 9.88 Å². The van der Waals surface area contributed by atoms with E-state index < -0.39 is 0 Å². The lowest BCUT2D eigenvalue weighted by molar-refractivity contribution is -0.384. The molecule has 1 aromatic heterocycles. The highest BCUT2D eigenvalue weighted by molar-refractivity contribution is 6.09. The number of nitrogens with one attached hydrogen (secondary N) is 1. The average molecular weight is 392 g/mol. The summed E-state index contributed by atoms with van der Waals surface area (Å²) in [5.74, 6) is 0.101. The molecule has 7 nitrogen and oxygen atoms in total. The minimum Gasteiger partial charge on any atom is -0.363 e. The molecule has 0 saturated carbocycles. The lowest BCUT2D eigenvalue weighted by Gasteiger charge is -2.35. The van der Waals surface area contributed by atoms with E-state index in [0.29, 0.717) is 38.4 Å². The topological polar surface area (TPSA) is 82.5 Å². The quantitative estimate of drug-likeness (QED) is 0.393. The van der Waals surface area contributed by atoms with Crippen LogP contribution in [-0.2, 0) is 6.42 Å². The highest BCUT2D eigenvalue weighted by Crippen LogP contribution is 2.28. The summed E-state index contributed by atoms with van der Waals surface area (Å²) in [5, 5.41) is 12.3. The van der Waals surface area contributed by atoms with Crippen molar-refractivity contribution in [2.24, 2.45) is 0 Å². The molecule has 1 aliphatic rings. The number of aromatic amines is 1. The van der Waals surface area contributed by atoms with Gasteiger partial charge in [-0.15, -0.1) is 0 Å². The molecular formula is C22H24N4O3. The van der Waals surface area contributed by atoms with Gasteiger partial charge in [-0.2, -0.15) is 0 Å². The molecule has 4 rings (SSSR count). The van der Waals surface area contributed by atoms with Crippen molar-refractivity contribution in [2.45, 2.75) is 13.3 Å². The smallest absolute Gasteiger partial charge is 0.292 e. The van der Waals surface area contributed by atoms with Crippen LogP contribution in [0, 0.1) is 10.1 Å². The van der Waals surface area contributed by atoms with Crippen molar-refractivity contribution in [3.05, 3.63) is 69.9 Å². The van der Waals surface area contributed by atoms with Gasteiger partial charge >= 0.3 is 0 Å². The third kappa shape index (κ3) is 3.73. The highest BCUT2D eigenvalue weighted by Gasteiger charge is 2.25. The lowest BCUT2D eigenvalue weighted by atomic mass is 10.0. The molecule has 7 heteroatoms. The van der Waals surface area contributed by atoms with Gasteiger partial charge in [0.05, 0.1) is 11.5 Å². The van der Waals surface area contributed by atoms with Crippen molar-refractivity contribution in [1.29, 1.82) is 0 Å². The van der Waals surface area contributed by atoms with E-state index >= 15 is 0 Å². The number of hydrogen-bond acceptors (Lipinski definition) is 5. The monoisotopic (exact) mass is 392 g/mol. The Hall–Kier alpha value is -3.19. The number of fused-ring (bicyclic) bond motifs is 1. The van der Waals surface area contributed by atoms with E-state index in [1.165, 1.54) is 11.6 Å². The normalized spacial score (nSPS) is 15.0. The van der Waals surface area contributed by atoms with Crippen LogP contribution in [0.1, 0.15) is 22.8 Å². The number of aryl methyl sites for hydroxylation is 1. The number of H-pyrrole nitrogens is 1. The third-order valence-corrected chi connectivity index (χ3v) is 5.64. The Morgan fingerprint density at radius 3 is 2.59 bits per heavy atom. The fourth-order valence-electron chi connectivity index (χ4n) is 4.06. The molecule has 0 atom stereocenters. The molecule has 2 heterocycles. The van der Waals surface area contributed by atoms with E-state index in [0.717, 1.165) is 22.9 Å².